The highest BCUT2D eigenvalue weighted by Gasteiger charge is 2.17. The Morgan fingerprint density at radius 2 is 1.89 bits per heavy atom. The molecule has 2 amide bonds. The van der Waals surface area contributed by atoms with E-state index in [0.717, 1.165) is 5.56 Å². The number of aromatic nitrogens is 1. The normalized spacial score (nSPS) is 13.2. The van der Waals surface area contributed by atoms with Crippen molar-refractivity contribution in [3.05, 3.63) is 30.1 Å². The number of aldehydes is 1. The molecule has 0 aliphatic heterocycles. The minimum atomic E-state index is -0.684. The molecule has 0 fully saturated rings. The van der Waals surface area contributed by atoms with Crippen LogP contribution in [0.3, 0.4) is 0 Å². The molecular formula is C13H17N3O3. The lowest BCUT2D eigenvalue weighted by molar-refractivity contribution is -0.129. The lowest BCUT2D eigenvalue weighted by Crippen LogP contribution is -2.48. The summed E-state index contributed by atoms with van der Waals surface area (Å²) in [6.45, 7) is 3.13. The van der Waals surface area contributed by atoms with Gasteiger partial charge >= 0.3 is 0 Å². The zero-order chi connectivity index (χ0) is 14.3. The molecule has 102 valence electrons. The summed E-state index contributed by atoms with van der Waals surface area (Å²) in [5, 5.41) is 5.04. The maximum absolute atomic E-state index is 11.7. The van der Waals surface area contributed by atoms with E-state index < -0.39 is 12.1 Å². The highest BCUT2D eigenvalue weighted by atomic mass is 16.2. The molecule has 0 aromatic carbocycles. The van der Waals surface area contributed by atoms with Gasteiger partial charge in [0.05, 0.1) is 12.5 Å². The predicted octanol–water partition coefficient (Wildman–Crippen LogP) is -0.168. The average Bonchev–Trinajstić information content (AvgIpc) is 2.39. The first-order valence-electron chi connectivity index (χ1n) is 5.97. The SMILES string of the molecule is C[C@H](C=O)NC(=O)[C@H](C)NC(=O)Cc1ccncc1. The van der Waals surface area contributed by atoms with Crippen LogP contribution in [-0.4, -0.2) is 35.2 Å². The van der Waals surface area contributed by atoms with Crippen LogP contribution >= 0.6 is 0 Å². The molecule has 0 unspecified atom stereocenters. The lowest BCUT2D eigenvalue weighted by Gasteiger charge is -2.15. The Hall–Kier alpha value is -2.24. The molecule has 0 spiro atoms. The number of hydrogen-bond donors (Lipinski definition) is 2. The minimum absolute atomic E-state index is 0.184. The molecule has 0 saturated carbocycles. The Kier molecular flexibility index (Phi) is 5.66. The van der Waals surface area contributed by atoms with Crippen molar-refractivity contribution in [2.75, 3.05) is 0 Å². The van der Waals surface area contributed by atoms with Crippen LogP contribution in [-0.2, 0) is 20.8 Å². The van der Waals surface area contributed by atoms with Gasteiger partial charge in [-0.2, -0.15) is 0 Å². The van der Waals surface area contributed by atoms with Crippen LogP contribution in [0.2, 0.25) is 0 Å². The first kappa shape index (κ1) is 14.8. The van der Waals surface area contributed by atoms with Crippen molar-refractivity contribution < 1.29 is 14.4 Å². The largest absolute Gasteiger partial charge is 0.345 e. The smallest absolute Gasteiger partial charge is 0.242 e. The van der Waals surface area contributed by atoms with E-state index in [-0.39, 0.29) is 18.2 Å². The zero-order valence-electron chi connectivity index (χ0n) is 10.9. The quantitative estimate of drug-likeness (QED) is 0.698. The van der Waals surface area contributed by atoms with Gasteiger partial charge in [-0.05, 0) is 31.5 Å². The van der Waals surface area contributed by atoms with Gasteiger partial charge < -0.3 is 15.4 Å². The summed E-state index contributed by atoms with van der Waals surface area (Å²) in [4.78, 5) is 37.6. The Morgan fingerprint density at radius 1 is 1.26 bits per heavy atom. The summed E-state index contributed by atoms with van der Waals surface area (Å²) in [6, 6.07) is 2.22. The Morgan fingerprint density at radius 3 is 2.47 bits per heavy atom. The van der Waals surface area contributed by atoms with Crippen molar-refractivity contribution in [2.45, 2.75) is 32.4 Å². The van der Waals surface area contributed by atoms with Gasteiger partial charge in [-0.1, -0.05) is 0 Å². The third-order valence-corrected chi connectivity index (χ3v) is 2.46. The molecule has 1 rings (SSSR count). The number of hydrogen-bond acceptors (Lipinski definition) is 4. The number of carbonyl (C=O) groups excluding carboxylic acids is 3. The van der Waals surface area contributed by atoms with Gasteiger partial charge in [0.1, 0.15) is 12.3 Å². The van der Waals surface area contributed by atoms with Gasteiger partial charge in [0.2, 0.25) is 11.8 Å². The van der Waals surface area contributed by atoms with Gasteiger partial charge in [0.15, 0.2) is 0 Å². The second-order valence-electron chi connectivity index (χ2n) is 4.25. The maximum Gasteiger partial charge on any atom is 0.242 e. The van der Waals surface area contributed by atoms with E-state index in [1.165, 1.54) is 0 Å². The van der Waals surface area contributed by atoms with Crippen LogP contribution in [0.1, 0.15) is 19.4 Å². The molecule has 6 heteroatoms. The Balaban J connectivity index is 2.43. The highest BCUT2D eigenvalue weighted by Crippen LogP contribution is 1.97. The van der Waals surface area contributed by atoms with Gasteiger partial charge in [0, 0.05) is 12.4 Å². The number of nitrogens with zero attached hydrogens (tertiary/aromatic N) is 1. The van der Waals surface area contributed by atoms with Crippen LogP contribution in [0.15, 0.2) is 24.5 Å². The van der Waals surface area contributed by atoms with Crippen LogP contribution in [0.4, 0.5) is 0 Å². The number of carbonyl (C=O) groups is 3. The summed E-state index contributed by atoms with van der Waals surface area (Å²) in [7, 11) is 0. The van der Waals surface area contributed by atoms with E-state index in [1.807, 2.05) is 0 Å². The molecule has 1 aromatic rings. The van der Waals surface area contributed by atoms with Crippen molar-refractivity contribution in [1.82, 2.24) is 15.6 Å². The lowest BCUT2D eigenvalue weighted by atomic mass is 10.2. The van der Waals surface area contributed by atoms with Gasteiger partial charge in [-0.25, -0.2) is 0 Å². The minimum Gasteiger partial charge on any atom is -0.345 e. The van der Waals surface area contributed by atoms with E-state index >= 15 is 0 Å². The Bertz CT molecular complexity index is 448. The van der Waals surface area contributed by atoms with Crippen LogP contribution < -0.4 is 10.6 Å². The zero-order valence-corrected chi connectivity index (χ0v) is 10.9. The number of nitrogens with one attached hydrogen (secondary N) is 2. The van der Waals surface area contributed by atoms with Crippen molar-refractivity contribution in [3.63, 3.8) is 0 Å². The molecule has 1 heterocycles. The molecule has 1 aromatic heterocycles. The molecule has 0 aliphatic carbocycles. The van der Waals surface area contributed by atoms with Crippen LogP contribution in [0.5, 0.6) is 0 Å². The van der Waals surface area contributed by atoms with E-state index in [9.17, 15) is 14.4 Å². The van der Waals surface area contributed by atoms with Gasteiger partial charge in [0.25, 0.3) is 0 Å². The second-order valence-corrected chi connectivity index (χ2v) is 4.25. The van der Waals surface area contributed by atoms with Crippen LogP contribution in [0.25, 0.3) is 0 Å². The second kappa shape index (κ2) is 7.25. The summed E-state index contributed by atoms with van der Waals surface area (Å²) in [5.74, 6) is -0.643. The molecule has 2 N–H and O–H groups in total. The number of rotatable bonds is 6. The third-order valence-electron chi connectivity index (χ3n) is 2.46. The van der Waals surface area contributed by atoms with E-state index in [1.54, 1.807) is 38.4 Å². The highest BCUT2D eigenvalue weighted by molar-refractivity contribution is 5.89. The number of pyridine rings is 1. The fourth-order valence-electron chi connectivity index (χ4n) is 1.43. The monoisotopic (exact) mass is 263 g/mol. The molecule has 19 heavy (non-hydrogen) atoms. The average molecular weight is 263 g/mol. The summed E-state index contributed by atoms with van der Waals surface area (Å²) in [5.41, 5.74) is 0.821. The van der Waals surface area contributed by atoms with E-state index in [0.29, 0.717) is 6.29 Å². The third kappa shape index (κ3) is 5.29. The summed E-state index contributed by atoms with van der Waals surface area (Å²) in [6.07, 6.45) is 4.02. The first-order valence-corrected chi connectivity index (χ1v) is 5.97. The van der Waals surface area contributed by atoms with E-state index in [4.69, 9.17) is 0 Å². The molecule has 0 bridgehead atoms. The molecule has 2 atom stereocenters. The molecule has 0 saturated heterocycles. The molecule has 0 aliphatic rings. The van der Waals surface area contributed by atoms with Crippen molar-refractivity contribution in [1.29, 1.82) is 0 Å². The molecule has 0 radical (unpaired) electrons. The molecular weight excluding hydrogens is 246 g/mol. The fraction of sp³-hybridized carbons (Fsp3) is 0.385. The topological polar surface area (TPSA) is 88.2 Å². The fourth-order valence-corrected chi connectivity index (χ4v) is 1.43. The van der Waals surface area contributed by atoms with Crippen LogP contribution in [0, 0.1) is 0 Å². The van der Waals surface area contributed by atoms with Gasteiger partial charge in [-0.3, -0.25) is 14.6 Å². The maximum atomic E-state index is 11.7. The summed E-state index contributed by atoms with van der Waals surface area (Å²) >= 11 is 0. The van der Waals surface area contributed by atoms with E-state index in [2.05, 4.69) is 15.6 Å². The Labute approximate surface area is 111 Å². The number of amides is 2. The first-order chi connectivity index (χ1) is 9.02. The van der Waals surface area contributed by atoms with Crippen molar-refractivity contribution >= 4 is 18.1 Å². The van der Waals surface area contributed by atoms with Crippen molar-refractivity contribution in [3.8, 4) is 0 Å². The van der Waals surface area contributed by atoms with Crippen molar-refractivity contribution in [2.24, 2.45) is 0 Å². The van der Waals surface area contributed by atoms with Gasteiger partial charge in [-0.15, -0.1) is 0 Å². The standard InChI is InChI=1S/C13H17N3O3/c1-9(8-17)15-13(19)10(2)16-12(18)7-11-3-5-14-6-4-11/h3-6,8-10H,7H2,1-2H3,(H,15,19)(H,16,18)/t9-,10+/m1/s1. The summed E-state index contributed by atoms with van der Waals surface area (Å²) < 4.78 is 0. The molecule has 6 nitrogen and oxygen atoms in total. The predicted molar refractivity (Wildman–Crippen MR) is 69.2 cm³/mol.